The van der Waals surface area contributed by atoms with Crippen molar-refractivity contribution in [3.63, 3.8) is 0 Å². The molecule has 0 aromatic heterocycles. The first-order valence-corrected chi connectivity index (χ1v) is 12.2. The Hall–Kier alpha value is -3.08. The third-order valence-corrected chi connectivity index (χ3v) is 6.94. The zero-order valence-electron chi connectivity index (χ0n) is 20.1. The third kappa shape index (κ3) is 5.29. The number of unbranched alkanes of at least 4 members (excludes halogenated alkanes) is 2. The summed E-state index contributed by atoms with van der Waals surface area (Å²) in [5.74, 6) is -3.39. The van der Waals surface area contributed by atoms with E-state index in [9.17, 15) is 8.78 Å². The Bertz CT molecular complexity index is 1210. The smallest absolute Gasteiger partial charge is 0.201 e. The van der Waals surface area contributed by atoms with Crippen LogP contribution in [0, 0.1) is 29.2 Å². The van der Waals surface area contributed by atoms with Gasteiger partial charge in [0.05, 0.1) is 7.11 Å². The molecule has 0 spiro atoms. The zero-order chi connectivity index (χ0) is 24.9. The number of allylic oxidation sites excluding steroid dienone is 2. The van der Waals surface area contributed by atoms with Crippen molar-refractivity contribution in [2.75, 3.05) is 7.11 Å². The lowest BCUT2D eigenvalue weighted by atomic mass is 9.83. The maximum Gasteiger partial charge on any atom is 0.201 e. The fraction of sp³-hybridized carbons (Fsp3) is 0.333. The highest BCUT2D eigenvalue weighted by Gasteiger charge is 2.21. The Morgan fingerprint density at radius 2 is 1.31 bits per heavy atom. The van der Waals surface area contributed by atoms with Crippen molar-refractivity contribution in [3.05, 3.63) is 83.4 Å². The normalized spacial score (nSPS) is 15.7. The van der Waals surface area contributed by atoms with Crippen LogP contribution in [0.3, 0.4) is 0 Å². The van der Waals surface area contributed by atoms with Crippen LogP contribution in [0.4, 0.5) is 17.6 Å². The second-order valence-electron chi connectivity index (χ2n) is 9.17. The molecule has 0 bridgehead atoms. The summed E-state index contributed by atoms with van der Waals surface area (Å²) in [6.45, 7) is 2.19. The van der Waals surface area contributed by atoms with E-state index in [0.29, 0.717) is 22.6 Å². The number of ether oxygens (including phenoxy) is 1. The number of hydrogen-bond acceptors (Lipinski definition) is 1. The molecule has 1 unspecified atom stereocenters. The van der Waals surface area contributed by atoms with Crippen LogP contribution in [0.5, 0.6) is 5.75 Å². The lowest BCUT2D eigenvalue weighted by Gasteiger charge is -2.22. The molecule has 0 saturated heterocycles. The van der Waals surface area contributed by atoms with Crippen molar-refractivity contribution < 1.29 is 22.3 Å². The summed E-state index contributed by atoms with van der Waals surface area (Å²) in [7, 11) is 1.27. The molecule has 4 rings (SSSR count). The second-order valence-corrected chi connectivity index (χ2v) is 9.17. The van der Waals surface area contributed by atoms with Crippen molar-refractivity contribution in [3.8, 4) is 28.0 Å². The van der Waals surface area contributed by atoms with Crippen molar-refractivity contribution in [1.29, 1.82) is 0 Å². The van der Waals surface area contributed by atoms with Crippen LogP contribution >= 0.6 is 0 Å². The Balaban J connectivity index is 1.54. The van der Waals surface area contributed by atoms with E-state index in [2.05, 4.69) is 13.0 Å². The molecule has 5 heteroatoms. The molecule has 0 saturated carbocycles. The molecule has 1 aliphatic carbocycles. The minimum absolute atomic E-state index is 0.0640. The maximum absolute atomic E-state index is 15.1. The molecule has 35 heavy (non-hydrogen) atoms. The summed E-state index contributed by atoms with van der Waals surface area (Å²) < 4.78 is 63.5. The van der Waals surface area contributed by atoms with Gasteiger partial charge in [-0.05, 0) is 54.0 Å². The van der Waals surface area contributed by atoms with E-state index >= 15 is 8.78 Å². The molecule has 0 aliphatic heterocycles. The minimum atomic E-state index is -1.07. The maximum atomic E-state index is 15.1. The molecule has 0 fully saturated rings. The molecule has 0 N–H and O–H groups in total. The number of benzene rings is 3. The molecule has 1 nitrogen and oxygen atoms in total. The number of hydrogen-bond donors (Lipinski definition) is 0. The van der Waals surface area contributed by atoms with Crippen molar-refractivity contribution in [2.24, 2.45) is 5.92 Å². The summed E-state index contributed by atoms with van der Waals surface area (Å²) in [5, 5.41) is 0. The van der Waals surface area contributed by atoms with Gasteiger partial charge in [-0.25, -0.2) is 13.2 Å². The Morgan fingerprint density at radius 3 is 1.89 bits per heavy atom. The van der Waals surface area contributed by atoms with E-state index in [4.69, 9.17) is 4.74 Å². The van der Waals surface area contributed by atoms with Gasteiger partial charge >= 0.3 is 0 Å². The summed E-state index contributed by atoms with van der Waals surface area (Å²) in [5.41, 5.74) is 2.27. The highest BCUT2D eigenvalue weighted by Crippen LogP contribution is 2.37. The van der Waals surface area contributed by atoms with Crippen LogP contribution in [0.2, 0.25) is 0 Å². The average Bonchev–Trinajstić information content (AvgIpc) is 2.88. The van der Waals surface area contributed by atoms with Gasteiger partial charge in [0.1, 0.15) is 0 Å². The average molecular weight is 483 g/mol. The predicted molar refractivity (Wildman–Crippen MR) is 133 cm³/mol. The van der Waals surface area contributed by atoms with Gasteiger partial charge < -0.3 is 4.74 Å². The molecule has 1 aliphatic rings. The predicted octanol–water partition coefficient (Wildman–Crippen LogP) is 9.35. The van der Waals surface area contributed by atoms with E-state index in [1.807, 2.05) is 0 Å². The third-order valence-electron chi connectivity index (χ3n) is 6.94. The second kappa shape index (κ2) is 11.1. The monoisotopic (exact) mass is 482 g/mol. The number of methoxy groups -OCH3 is 1. The van der Waals surface area contributed by atoms with Gasteiger partial charge in [0.25, 0.3) is 0 Å². The summed E-state index contributed by atoms with van der Waals surface area (Å²) in [6.07, 6.45) is 9.58. The van der Waals surface area contributed by atoms with Crippen LogP contribution in [0.25, 0.3) is 27.8 Å². The quantitative estimate of drug-likeness (QED) is 0.230. The van der Waals surface area contributed by atoms with Gasteiger partial charge in [-0.2, -0.15) is 4.39 Å². The Morgan fingerprint density at radius 1 is 0.743 bits per heavy atom. The van der Waals surface area contributed by atoms with Crippen LogP contribution < -0.4 is 4.74 Å². The van der Waals surface area contributed by atoms with E-state index in [0.717, 1.165) is 24.8 Å². The molecule has 3 aromatic carbocycles. The van der Waals surface area contributed by atoms with Gasteiger partial charge in [-0.15, -0.1) is 0 Å². The molecule has 184 valence electrons. The first-order valence-electron chi connectivity index (χ1n) is 12.2. The number of halogens is 4. The summed E-state index contributed by atoms with van der Waals surface area (Å²) in [6, 6.07) is 12.3. The van der Waals surface area contributed by atoms with Gasteiger partial charge in [-0.1, -0.05) is 75.1 Å². The minimum Gasteiger partial charge on any atom is -0.494 e. The van der Waals surface area contributed by atoms with Gasteiger partial charge in [-0.3, -0.25) is 0 Å². The van der Waals surface area contributed by atoms with Crippen molar-refractivity contribution in [2.45, 2.75) is 51.9 Å². The fourth-order valence-corrected chi connectivity index (χ4v) is 4.84. The fourth-order valence-electron chi connectivity index (χ4n) is 4.84. The first kappa shape index (κ1) is 25.0. The van der Waals surface area contributed by atoms with E-state index < -0.39 is 23.3 Å². The van der Waals surface area contributed by atoms with E-state index in [1.165, 1.54) is 44.9 Å². The van der Waals surface area contributed by atoms with Crippen molar-refractivity contribution in [1.82, 2.24) is 0 Å². The highest BCUT2D eigenvalue weighted by atomic mass is 19.2. The summed E-state index contributed by atoms with van der Waals surface area (Å²) in [4.78, 5) is 0. The lowest BCUT2D eigenvalue weighted by molar-refractivity contribution is 0.372. The van der Waals surface area contributed by atoms with E-state index in [1.54, 1.807) is 36.4 Å². The molecule has 3 aromatic rings. The molecular weight excluding hydrogens is 452 g/mol. The van der Waals surface area contributed by atoms with Crippen LogP contribution in [-0.2, 0) is 0 Å². The molecule has 0 heterocycles. The topological polar surface area (TPSA) is 9.23 Å². The Labute approximate surface area is 204 Å². The van der Waals surface area contributed by atoms with Crippen LogP contribution in [0.15, 0.2) is 54.6 Å². The van der Waals surface area contributed by atoms with Crippen LogP contribution in [-0.4, -0.2) is 7.11 Å². The Kier molecular flexibility index (Phi) is 7.94. The molecule has 1 atom stereocenters. The van der Waals surface area contributed by atoms with Crippen LogP contribution in [0.1, 0.15) is 57.4 Å². The summed E-state index contributed by atoms with van der Waals surface area (Å²) >= 11 is 0. The molecular formula is C30H30F4O. The SMILES string of the molecule is CCCCCC1CC=C(c2ccc(-c3ccc(-c4ccc(OC)c(F)c4F)cc3)c(F)c2F)CC1. The van der Waals surface area contributed by atoms with Crippen molar-refractivity contribution >= 4 is 5.57 Å². The zero-order valence-corrected chi connectivity index (χ0v) is 20.1. The van der Waals surface area contributed by atoms with E-state index in [-0.39, 0.29) is 16.9 Å². The number of rotatable bonds is 8. The van der Waals surface area contributed by atoms with Gasteiger partial charge in [0.2, 0.25) is 5.82 Å². The molecule has 0 amide bonds. The first-order chi connectivity index (χ1) is 16.9. The largest absolute Gasteiger partial charge is 0.494 e. The molecule has 0 radical (unpaired) electrons. The lowest BCUT2D eigenvalue weighted by Crippen LogP contribution is -2.07. The highest BCUT2D eigenvalue weighted by molar-refractivity contribution is 5.74. The standard InChI is InChI=1S/C30H30F4O/c1-3-4-5-6-19-7-9-20(10-8-19)23-15-16-24(28(32)27(23)31)21-11-13-22(14-12-21)25-17-18-26(35-2)30(34)29(25)33/h9,11-19H,3-8,10H2,1-2H3. The van der Waals surface area contributed by atoms with Gasteiger partial charge in [0.15, 0.2) is 23.2 Å². The van der Waals surface area contributed by atoms with Gasteiger partial charge in [0, 0.05) is 16.7 Å².